The van der Waals surface area contributed by atoms with Crippen LogP contribution in [0, 0.1) is 0 Å². The minimum Gasteiger partial charge on any atom is -0.235 e. The van der Waals surface area contributed by atoms with Gasteiger partial charge in [-0.05, 0) is 23.6 Å². The fraction of sp³-hybridized carbons (Fsp3) is 0.0500. The van der Waals surface area contributed by atoms with Crippen LogP contribution in [0.2, 0.25) is 5.02 Å². The molecule has 0 aliphatic carbocycles. The molecule has 0 fully saturated rings. The zero-order valence-corrected chi connectivity index (χ0v) is 17.4. The highest BCUT2D eigenvalue weighted by Gasteiger charge is 2.22. The van der Waals surface area contributed by atoms with Gasteiger partial charge >= 0.3 is 0 Å². The summed E-state index contributed by atoms with van der Waals surface area (Å²) in [6, 6.07) is 16.6. The van der Waals surface area contributed by atoms with Crippen LogP contribution < -0.4 is 0 Å². The van der Waals surface area contributed by atoms with E-state index in [1.165, 1.54) is 17.6 Å². The highest BCUT2D eigenvalue weighted by atomic mass is 35.5. The molecule has 0 spiro atoms. The number of sulfone groups is 1. The molecule has 2 heterocycles. The molecule has 2 aromatic heterocycles. The van der Waals surface area contributed by atoms with Crippen molar-refractivity contribution in [3.05, 3.63) is 70.4 Å². The molecule has 4 rings (SSSR count). The van der Waals surface area contributed by atoms with Crippen LogP contribution in [0.4, 0.5) is 0 Å². The molecule has 0 unspecified atom stereocenters. The van der Waals surface area contributed by atoms with E-state index in [-0.39, 0.29) is 0 Å². The third-order valence-corrected chi connectivity index (χ3v) is 7.35. The quantitative estimate of drug-likeness (QED) is 0.383. The van der Waals surface area contributed by atoms with Crippen LogP contribution >= 0.6 is 34.3 Å². The largest absolute Gasteiger partial charge is 0.235 e. The summed E-state index contributed by atoms with van der Waals surface area (Å²) in [6.45, 7) is 0. The first kappa shape index (κ1) is 18.4. The van der Waals surface area contributed by atoms with Gasteiger partial charge in [-0.1, -0.05) is 48.0 Å². The summed E-state index contributed by atoms with van der Waals surface area (Å²) in [7, 11) is -3.38. The molecular formula is C20H14ClNO2S3. The molecule has 0 bridgehead atoms. The average molecular weight is 432 g/mol. The third kappa shape index (κ3) is 3.58. The number of rotatable bonds is 4. The normalized spacial score (nSPS) is 11.6. The van der Waals surface area contributed by atoms with Crippen LogP contribution in [0.25, 0.3) is 32.3 Å². The Morgan fingerprint density at radius 2 is 1.67 bits per heavy atom. The first-order valence-electron chi connectivity index (χ1n) is 8.03. The van der Waals surface area contributed by atoms with Crippen molar-refractivity contribution in [2.24, 2.45) is 0 Å². The van der Waals surface area contributed by atoms with Crippen molar-refractivity contribution in [3.63, 3.8) is 0 Å². The Labute approximate surface area is 170 Å². The van der Waals surface area contributed by atoms with Crippen LogP contribution in [0.15, 0.2) is 70.3 Å². The lowest BCUT2D eigenvalue weighted by molar-refractivity contribution is 0.602. The Morgan fingerprint density at radius 1 is 0.963 bits per heavy atom. The molecule has 0 aliphatic heterocycles. The second kappa shape index (κ2) is 7.20. The van der Waals surface area contributed by atoms with Gasteiger partial charge < -0.3 is 0 Å². The molecule has 0 aliphatic rings. The molecule has 0 atom stereocenters. The van der Waals surface area contributed by atoms with Crippen molar-refractivity contribution in [2.45, 2.75) is 4.90 Å². The summed E-state index contributed by atoms with van der Waals surface area (Å²) in [5.74, 6) is 0. The summed E-state index contributed by atoms with van der Waals surface area (Å²) in [5, 5.41) is 5.37. The van der Waals surface area contributed by atoms with Gasteiger partial charge in [0.15, 0.2) is 9.84 Å². The summed E-state index contributed by atoms with van der Waals surface area (Å²) in [6.07, 6.45) is 1.23. The van der Waals surface area contributed by atoms with Crippen molar-refractivity contribution in [1.29, 1.82) is 0 Å². The SMILES string of the molecule is CS(=O)(=O)c1ccccc1-c1sc(-c2ccccc2Cl)nc1-c1ccsc1. The molecule has 4 aromatic rings. The average Bonchev–Trinajstić information content (AvgIpc) is 3.31. The smallest absolute Gasteiger partial charge is 0.176 e. The topological polar surface area (TPSA) is 47.0 Å². The molecule has 136 valence electrons. The maximum Gasteiger partial charge on any atom is 0.176 e. The molecule has 0 saturated heterocycles. The molecule has 0 N–H and O–H groups in total. The summed E-state index contributed by atoms with van der Waals surface area (Å²) in [5.41, 5.74) is 3.24. The van der Waals surface area contributed by atoms with Crippen LogP contribution in [0.1, 0.15) is 0 Å². The van der Waals surface area contributed by atoms with Gasteiger partial charge in [-0.25, -0.2) is 13.4 Å². The van der Waals surface area contributed by atoms with Crippen molar-refractivity contribution in [1.82, 2.24) is 4.98 Å². The lowest BCUT2D eigenvalue weighted by atomic mass is 10.1. The van der Waals surface area contributed by atoms with Gasteiger partial charge in [0.05, 0.1) is 20.5 Å². The Morgan fingerprint density at radius 3 is 2.33 bits per heavy atom. The zero-order valence-electron chi connectivity index (χ0n) is 14.2. The van der Waals surface area contributed by atoms with Gasteiger partial charge in [0.25, 0.3) is 0 Å². The predicted molar refractivity (Wildman–Crippen MR) is 114 cm³/mol. The van der Waals surface area contributed by atoms with Crippen LogP contribution in [-0.4, -0.2) is 19.7 Å². The molecule has 0 radical (unpaired) electrons. The molecule has 7 heteroatoms. The number of hydrogen-bond acceptors (Lipinski definition) is 5. The van der Waals surface area contributed by atoms with Gasteiger partial charge in [0.2, 0.25) is 0 Å². The van der Waals surface area contributed by atoms with E-state index in [9.17, 15) is 8.42 Å². The van der Waals surface area contributed by atoms with E-state index in [0.29, 0.717) is 15.5 Å². The third-order valence-electron chi connectivity index (χ3n) is 4.06. The monoisotopic (exact) mass is 431 g/mol. The fourth-order valence-electron chi connectivity index (χ4n) is 2.82. The Balaban J connectivity index is 2.01. The predicted octanol–water partition coefficient (Wildman–Crippen LogP) is 6.26. The molecule has 2 aromatic carbocycles. The van der Waals surface area contributed by atoms with E-state index in [1.807, 2.05) is 53.2 Å². The molecule has 0 saturated carbocycles. The number of benzene rings is 2. The van der Waals surface area contributed by atoms with E-state index < -0.39 is 9.84 Å². The number of nitrogens with zero attached hydrogens (tertiary/aromatic N) is 1. The minimum atomic E-state index is -3.38. The summed E-state index contributed by atoms with van der Waals surface area (Å²) in [4.78, 5) is 5.95. The van der Waals surface area contributed by atoms with Crippen molar-refractivity contribution >= 4 is 44.1 Å². The Bertz CT molecular complexity index is 1210. The fourth-order valence-corrected chi connectivity index (χ4v) is 5.87. The second-order valence-electron chi connectivity index (χ2n) is 5.96. The lowest BCUT2D eigenvalue weighted by Crippen LogP contribution is -1.99. The number of hydrogen-bond donors (Lipinski definition) is 0. The van der Waals surface area contributed by atoms with Crippen LogP contribution in [0.5, 0.6) is 0 Å². The second-order valence-corrected chi connectivity index (χ2v) is 10.1. The number of halogens is 1. The number of aromatic nitrogens is 1. The van der Waals surface area contributed by atoms with Gasteiger partial charge in [-0.15, -0.1) is 11.3 Å². The first-order chi connectivity index (χ1) is 12.9. The zero-order chi connectivity index (χ0) is 19.0. The van der Waals surface area contributed by atoms with Crippen LogP contribution in [0.3, 0.4) is 0 Å². The molecule has 3 nitrogen and oxygen atoms in total. The van der Waals surface area contributed by atoms with E-state index >= 15 is 0 Å². The Kier molecular flexibility index (Phi) is 4.90. The molecule has 27 heavy (non-hydrogen) atoms. The maximum atomic E-state index is 12.3. The van der Waals surface area contributed by atoms with Crippen molar-refractivity contribution in [3.8, 4) is 32.3 Å². The van der Waals surface area contributed by atoms with Gasteiger partial charge in [-0.2, -0.15) is 11.3 Å². The standard InChI is InChI=1S/C20H14ClNO2S3/c1-27(23,24)17-9-5-3-7-15(17)19-18(13-10-11-25-12-13)22-20(26-19)14-6-2-4-8-16(14)21/h2-12H,1H3. The highest BCUT2D eigenvalue weighted by molar-refractivity contribution is 7.90. The van der Waals surface area contributed by atoms with Crippen molar-refractivity contribution < 1.29 is 8.42 Å². The van der Waals surface area contributed by atoms with E-state index in [0.717, 1.165) is 26.7 Å². The lowest BCUT2D eigenvalue weighted by Gasteiger charge is -2.07. The van der Waals surface area contributed by atoms with Crippen molar-refractivity contribution in [2.75, 3.05) is 6.26 Å². The highest BCUT2D eigenvalue weighted by Crippen LogP contribution is 2.44. The molecular weight excluding hydrogens is 418 g/mol. The summed E-state index contributed by atoms with van der Waals surface area (Å²) >= 11 is 9.40. The van der Waals surface area contributed by atoms with E-state index in [1.54, 1.807) is 23.5 Å². The van der Waals surface area contributed by atoms with E-state index in [2.05, 4.69) is 0 Å². The number of thiophene rings is 1. The van der Waals surface area contributed by atoms with Gasteiger partial charge in [0, 0.05) is 28.3 Å². The molecule has 0 amide bonds. The first-order valence-corrected chi connectivity index (χ1v) is 12.1. The van der Waals surface area contributed by atoms with Crippen LogP contribution in [-0.2, 0) is 9.84 Å². The Hall–Kier alpha value is -1.99. The maximum absolute atomic E-state index is 12.3. The minimum absolute atomic E-state index is 0.302. The van der Waals surface area contributed by atoms with Gasteiger partial charge in [0.1, 0.15) is 5.01 Å². The van der Waals surface area contributed by atoms with E-state index in [4.69, 9.17) is 16.6 Å². The number of thiazole rings is 1. The summed E-state index contributed by atoms with van der Waals surface area (Å²) < 4.78 is 24.6. The van der Waals surface area contributed by atoms with Gasteiger partial charge in [-0.3, -0.25) is 0 Å².